The van der Waals surface area contributed by atoms with E-state index in [-0.39, 0.29) is 5.91 Å². The van der Waals surface area contributed by atoms with Crippen LogP contribution in [0.5, 0.6) is 0 Å². The van der Waals surface area contributed by atoms with E-state index < -0.39 is 0 Å². The number of amides is 1. The maximum atomic E-state index is 11.4. The van der Waals surface area contributed by atoms with Crippen molar-refractivity contribution < 1.29 is 4.79 Å². The lowest BCUT2D eigenvalue weighted by Crippen LogP contribution is -2.24. The van der Waals surface area contributed by atoms with E-state index >= 15 is 0 Å². The van der Waals surface area contributed by atoms with Crippen LogP contribution in [0.15, 0.2) is 36.4 Å². The molecule has 0 fully saturated rings. The van der Waals surface area contributed by atoms with Crippen molar-refractivity contribution in [2.24, 2.45) is 0 Å². The molecule has 2 nitrogen and oxygen atoms in total. The number of carbonyl (C=O) groups is 1. The first kappa shape index (κ1) is 13.8. The summed E-state index contributed by atoms with van der Waals surface area (Å²) in [5.41, 5.74) is 1.18. The van der Waals surface area contributed by atoms with Crippen LogP contribution in [0.3, 0.4) is 0 Å². The number of carbonyl (C=O) groups excluding carboxylic acids is 1. The lowest BCUT2D eigenvalue weighted by atomic mass is 10.1. The molecular weight excluding hydrogens is 234 g/mol. The molecule has 0 aromatic heterocycles. The van der Waals surface area contributed by atoms with E-state index in [1.54, 1.807) is 0 Å². The molecule has 1 N–H and O–H groups in total. The van der Waals surface area contributed by atoms with Gasteiger partial charge in [0, 0.05) is 18.0 Å². The number of allylic oxidation sites excluding steroid dienone is 1. The Labute approximate surface area is 108 Å². The van der Waals surface area contributed by atoms with Crippen LogP contribution in [0.2, 0.25) is 5.02 Å². The van der Waals surface area contributed by atoms with Gasteiger partial charge in [0.15, 0.2) is 0 Å². The number of rotatable bonds is 6. The van der Waals surface area contributed by atoms with Crippen LogP contribution in [-0.4, -0.2) is 12.5 Å². The van der Waals surface area contributed by atoms with Crippen molar-refractivity contribution in [2.75, 3.05) is 6.54 Å². The number of benzene rings is 1. The topological polar surface area (TPSA) is 29.1 Å². The summed E-state index contributed by atoms with van der Waals surface area (Å²) in [6, 6.07) is 7.68. The Balaban J connectivity index is 2.21. The van der Waals surface area contributed by atoms with Crippen molar-refractivity contribution in [1.82, 2.24) is 5.32 Å². The summed E-state index contributed by atoms with van der Waals surface area (Å²) in [6.45, 7) is 2.72. The Morgan fingerprint density at radius 1 is 1.29 bits per heavy atom. The normalized spacial score (nSPS) is 10.7. The van der Waals surface area contributed by atoms with Crippen molar-refractivity contribution in [3.8, 4) is 0 Å². The number of hydrogen-bond acceptors (Lipinski definition) is 1. The van der Waals surface area contributed by atoms with Gasteiger partial charge in [0.25, 0.3) is 0 Å². The highest BCUT2D eigenvalue weighted by molar-refractivity contribution is 6.30. The summed E-state index contributed by atoms with van der Waals surface area (Å²) in [4.78, 5) is 11.4. The van der Waals surface area contributed by atoms with Crippen molar-refractivity contribution in [2.45, 2.75) is 26.2 Å². The minimum Gasteiger partial charge on any atom is -0.356 e. The zero-order valence-corrected chi connectivity index (χ0v) is 10.8. The summed E-state index contributed by atoms with van der Waals surface area (Å²) >= 11 is 5.79. The molecule has 17 heavy (non-hydrogen) atoms. The predicted molar refractivity (Wildman–Crippen MR) is 72.2 cm³/mol. The van der Waals surface area contributed by atoms with Crippen LogP contribution < -0.4 is 5.32 Å². The molecule has 0 heterocycles. The molecule has 1 amide bonds. The summed E-state index contributed by atoms with van der Waals surface area (Å²) in [5.74, 6) is 0.0728. The van der Waals surface area contributed by atoms with E-state index in [0.29, 0.717) is 13.0 Å². The van der Waals surface area contributed by atoms with Crippen LogP contribution in [0.4, 0.5) is 0 Å². The van der Waals surface area contributed by atoms with E-state index in [2.05, 4.69) is 12.2 Å². The molecule has 0 saturated carbocycles. The van der Waals surface area contributed by atoms with Crippen LogP contribution in [0.25, 0.3) is 0 Å². The third kappa shape index (κ3) is 6.12. The van der Waals surface area contributed by atoms with Gasteiger partial charge >= 0.3 is 0 Å². The molecular formula is C14H18ClNO. The molecule has 0 atom stereocenters. The summed E-state index contributed by atoms with van der Waals surface area (Å²) in [7, 11) is 0. The summed E-state index contributed by atoms with van der Waals surface area (Å²) in [6.07, 6.45) is 6.17. The molecule has 0 bridgehead atoms. The Morgan fingerprint density at radius 3 is 2.65 bits per heavy atom. The fourth-order valence-corrected chi connectivity index (χ4v) is 1.55. The predicted octanol–water partition coefficient (Wildman–Crippen LogP) is 3.36. The maximum absolute atomic E-state index is 11.4. The van der Waals surface area contributed by atoms with Crippen molar-refractivity contribution in [1.29, 1.82) is 0 Å². The van der Waals surface area contributed by atoms with Crippen LogP contribution >= 0.6 is 11.6 Å². The van der Waals surface area contributed by atoms with Gasteiger partial charge in [0.05, 0.1) is 0 Å². The van der Waals surface area contributed by atoms with Crippen LogP contribution in [0, 0.1) is 0 Å². The van der Waals surface area contributed by atoms with E-state index in [0.717, 1.165) is 17.9 Å². The van der Waals surface area contributed by atoms with Crippen molar-refractivity contribution in [3.63, 3.8) is 0 Å². The van der Waals surface area contributed by atoms with Gasteiger partial charge in [-0.05, 0) is 30.5 Å². The number of hydrogen-bond donors (Lipinski definition) is 1. The smallest absolute Gasteiger partial charge is 0.223 e. The lowest BCUT2D eigenvalue weighted by Gasteiger charge is -2.03. The monoisotopic (exact) mass is 251 g/mol. The standard InChI is InChI=1S/C14H18ClNO/c1-2-3-4-5-14(17)16-11-10-12-6-8-13(15)9-7-12/h3-4,6-9H,2,5,10-11H2,1H3,(H,16,17)/b4-3-. The van der Waals surface area contributed by atoms with Gasteiger partial charge in [-0.3, -0.25) is 4.79 Å². The minimum atomic E-state index is 0.0728. The van der Waals surface area contributed by atoms with E-state index in [1.807, 2.05) is 36.4 Å². The first-order valence-electron chi connectivity index (χ1n) is 5.88. The van der Waals surface area contributed by atoms with Crippen LogP contribution in [-0.2, 0) is 11.2 Å². The third-order valence-corrected chi connectivity index (χ3v) is 2.61. The van der Waals surface area contributed by atoms with Gasteiger partial charge in [-0.15, -0.1) is 0 Å². The lowest BCUT2D eigenvalue weighted by molar-refractivity contribution is -0.120. The first-order valence-corrected chi connectivity index (χ1v) is 6.26. The molecule has 0 aliphatic carbocycles. The zero-order chi connectivity index (χ0) is 12.5. The number of halogens is 1. The minimum absolute atomic E-state index is 0.0728. The van der Waals surface area contributed by atoms with Gasteiger partial charge in [0.2, 0.25) is 5.91 Å². The highest BCUT2D eigenvalue weighted by atomic mass is 35.5. The molecule has 1 aromatic carbocycles. The van der Waals surface area contributed by atoms with Gasteiger partial charge in [-0.1, -0.05) is 42.8 Å². The second-order valence-corrected chi connectivity index (χ2v) is 4.25. The van der Waals surface area contributed by atoms with Gasteiger partial charge in [-0.25, -0.2) is 0 Å². The molecule has 3 heteroatoms. The Kier molecular flexibility index (Phi) is 6.41. The summed E-state index contributed by atoms with van der Waals surface area (Å²) in [5, 5.41) is 3.62. The molecule has 0 radical (unpaired) electrons. The maximum Gasteiger partial charge on any atom is 0.223 e. The van der Waals surface area contributed by atoms with Gasteiger partial charge < -0.3 is 5.32 Å². The SMILES string of the molecule is CC/C=C\CC(=O)NCCc1ccc(Cl)cc1. The van der Waals surface area contributed by atoms with Gasteiger partial charge in [-0.2, -0.15) is 0 Å². The molecule has 0 unspecified atom stereocenters. The Bertz CT molecular complexity index is 370. The number of nitrogens with one attached hydrogen (secondary N) is 1. The quantitative estimate of drug-likeness (QED) is 0.772. The van der Waals surface area contributed by atoms with Crippen molar-refractivity contribution in [3.05, 3.63) is 47.0 Å². The second kappa shape index (κ2) is 7.91. The molecule has 0 saturated heterocycles. The van der Waals surface area contributed by atoms with Gasteiger partial charge in [0.1, 0.15) is 0 Å². The van der Waals surface area contributed by atoms with E-state index in [4.69, 9.17) is 11.6 Å². The largest absolute Gasteiger partial charge is 0.356 e. The molecule has 1 aromatic rings. The molecule has 0 spiro atoms. The molecule has 0 aliphatic rings. The third-order valence-electron chi connectivity index (χ3n) is 2.35. The average Bonchev–Trinajstić information content (AvgIpc) is 2.32. The second-order valence-electron chi connectivity index (χ2n) is 3.81. The highest BCUT2D eigenvalue weighted by Crippen LogP contribution is 2.09. The molecule has 92 valence electrons. The van der Waals surface area contributed by atoms with Crippen LogP contribution in [0.1, 0.15) is 25.3 Å². The highest BCUT2D eigenvalue weighted by Gasteiger charge is 1.98. The Morgan fingerprint density at radius 2 is 2.00 bits per heavy atom. The van der Waals surface area contributed by atoms with E-state index in [1.165, 1.54) is 5.56 Å². The molecule has 0 aliphatic heterocycles. The summed E-state index contributed by atoms with van der Waals surface area (Å²) < 4.78 is 0. The first-order chi connectivity index (χ1) is 8.22. The average molecular weight is 252 g/mol. The van der Waals surface area contributed by atoms with Crippen molar-refractivity contribution >= 4 is 17.5 Å². The zero-order valence-electron chi connectivity index (χ0n) is 10.1. The fraction of sp³-hybridized carbons (Fsp3) is 0.357. The van der Waals surface area contributed by atoms with E-state index in [9.17, 15) is 4.79 Å². The Hall–Kier alpha value is -1.28. The molecule has 1 rings (SSSR count). The fourth-order valence-electron chi connectivity index (χ4n) is 1.43.